The van der Waals surface area contributed by atoms with Crippen LogP contribution in [0.25, 0.3) is 0 Å². The number of nitro groups is 1. The Morgan fingerprint density at radius 1 is 1.22 bits per heavy atom. The summed E-state index contributed by atoms with van der Waals surface area (Å²) >= 11 is 0. The van der Waals surface area contributed by atoms with E-state index in [-0.39, 0.29) is 24.6 Å². The Bertz CT molecular complexity index is 698. The van der Waals surface area contributed by atoms with Gasteiger partial charge in [0.2, 0.25) is 5.91 Å². The van der Waals surface area contributed by atoms with E-state index in [0.717, 1.165) is 11.1 Å². The van der Waals surface area contributed by atoms with Gasteiger partial charge < -0.3 is 10.4 Å². The van der Waals surface area contributed by atoms with Gasteiger partial charge in [0.1, 0.15) is 0 Å². The Morgan fingerprint density at radius 3 is 2.48 bits per heavy atom. The molecule has 0 bridgehead atoms. The summed E-state index contributed by atoms with van der Waals surface area (Å²) in [5.74, 6) is -0.180. The van der Waals surface area contributed by atoms with E-state index in [1.807, 2.05) is 31.2 Å². The number of nitrogens with zero attached hydrogens (tertiary/aromatic N) is 1. The first-order chi connectivity index (χ1) is 11.0. The molecule has 1 unspecified atom stereocenters. The zero-order chi connectivity index (χ0) is 16.8. The minimum atomic E-state index is -0.906. The van der Waals surface area contributed by atoms with E-state index in [1.54, 1.807) is 0 Å². The molecule has 6 nitrogen and oxygen atoms in total. The Kier molecular flexibility index (Phi) is 5.43. The van der Waals surface area contributed by atoms with Crippen molar-refractivity contribution in [2.45, 2.75) is 19.4 Å². The van der Waals surface area contributed by atoms with E-state index >= 15 is 0 Å². The van der Waals surface area contributed by atoms with E-state index in [0.29, 0.717) is 5.56 Å². The van der Waals surface area contributed by atoms with Gasteiger partial charge in [0.05, 0.1) is 17.4 Å². The molecule has 0 radical (unpaired) electrons. The zero-order valence-electron chi connectivity index (χ0n) is 12.7. The van der Waals surface area contributed by atoms with Crippen LogP contribution in [-0.4, -0.2) is 22.5 Å². The molecule has 0 spiro atoms. The highest BCUT2D eigenvalue weighted by Crippen LogP contribution is 2.17. The molecule has 2 aromatic carbocycles. The number of benzene rings is 2. The summed E-state index contributed by atoms with van der Waals surface area (Å²) in [5.41, 5.74) is 2.46. The minimum Gasteiger partial charge on any atom is -0.387 e. The molecule has 0 aliphatic carbocycles. The van der Waals surface area contributed by atoms with E-state index in [1.165, 1.54) is 24.3 Å². The molecule has 120 valence electrons. The van der Waals surface area contributed by atoms with Gasteiger partial charge in [0.25, 0.3) is 5.69 Å². The van der Waals surface area contributed by atoms with Gasteiger partial charge >= 0.3 is 0 Å². The quantitative estimate of drug-likeness (QED) is 0.632. The maximum Gasteiger partial charge on any atom is 0.269 e. The van der Waals surface area contributed by atoms with Crippen molar-refractivity contribution in [1.29, 1.82) is 0 Å². The standard InChI is InChI=1S/C17H18N2O4/c1-12-4-2-3-5-14(12)10-17(21)18-11-16(20)13-6-8-15(9-7-13)19(22)23/h2-9,16,20H,10-11H2,1H3,(H,18,21). The third-order valence-corrected chi connectivity index (χ3v) is 3.59. The first kappa shape index (κ1) is 16.6. The lowest BCUT2D eigenvalue weighted by molar-refractivity contribution is -0.384. The van der Waals surface area contributed by atoms with Gasteiger partial charge in [-0.05, 0) is 35.7 Å². The van der Waals surface area contributed by atoms with Gasteiger partial charge in [-0.15, -0.1) is 0 Å². The molecule has 0 fully saturated rings. The van der Waals surface area contributed by atoms with Gasteiger partial charge in [-0.1, -0.05) is 24.3 Å². The highest BCUT2D eigenvalue weighted by molar-refractivity contribution is 5.78. The zero-order valence-corrected chi connectivity index (χ0v) is 12.7. The summed E-state index contributed by atoms with van der Waals surface area (Å²) < 4.78 is 0. The van der Waals surface area contributed by atoms with Crippen molar-refractivity contribution >= 4 is 11.6 Å². The van der Waals surface area contributed by atoms with Crippen molar-refractivity contribution in [2.75, 3.05) is 6.54 Å². The number of aliphatic hydroxyl groups is 1. The number of nitrogens with one attached hydrogen (secondary N) is 1. The molecule has 2 aromatic rings. The Labute approximate surface area is 133 Å². The van der Waals surface area contributed by atoms with Crippen LogP contribution < -0.4 is 5.32 Å². The van der Waals surface area contributed by atoms with Gasteiger partial charge in [-0.2, -0.15) is 0 Å². The molecular weight excluding hydrogens is 296 g/mol. The number of hydrogen-bond donors (Lipinski definition) is 2. The number of nitro benzene ring substituents is 1. The first-order valence-corrected chi connectivity index (χ1v) is 7.21. The molecule has 0 saturated heterocycles. The van der Waals surface area contributed by atoms with Crippen LogP contribution in [0.2, 0.25) is 0 Å². The van der Waals surface area contributed by atoms with Crippen LogP contribution in [0.4, 0.5) is 5.69 Å². The Balaban J connectivity index is 1.88. The lowest BCUT2D eigenvalue weighted by Gasteiger charge is -2.12. The molecule has 0 aliphatic rings. The molecule has 1 atom stereocenters. The second kappa shape index (κ2) is 7.51. The fraction of sp³-hybridized carbons (Fsp3) is 0.235. The molecule has 0 saturated carbocycles. The summed E-state index contributed by atoms with van der Waals surface area (Å²) in [6, 6.07) is 13.2. The molecular formula is C17H18N2O4. The minimum absolute atomic E-state index is 0.0375. The average molecular weight is 314 g/mol. The SMILES string of the molecule is Cc1ccccc1CC(=O)NCC(O)c1ccc([N+](=O)[O-])cc1. The number of aliphatic hydroxyl groups excluding tert-OH is 1. The highest BCUT2D eigenvalue weighted by Gasteiger charge is 2.12. The lowest BCUT2D eigenvalue weighted by atomic mass is 10.1. The van der Waals surface area contributed by atoms with E-state index in [2.05, 4.69) is 5.32 Å². The predicted octanol–water partition coefficient (Wildman–Crippen LogP) is 2.30. The molecule has 1 amide bonds. The number of carbonyl (C=O) groups excluding carboxylic acids is 1. The topological polar surface area (TPSA) is 92.5 Å². The summed E-state index contributed by atoms with van der Waals surface area (Å²) in [5, 5.41) is 23.3. The molecule has 0 aromatic heterocycles. The van der Waals surface area contributed by atoms with Crippen molar-refractivity contribution in [3.8, 4) is 0 Å². The van der Waals surface area contributed by atoms with Gasteiger partial charge in [0.15, 0.2) is 0 Å². The van der Waals surface area contributed by atoms with Crippen LogP contribution >= 0.6 is 0 Å². The lowest BCUT2D eigenvalue weighted by Crippen LogP contribution is -2.29. The largest absolute Gasteiger partial charge is 0.387 e. The smallest absolute Gasteiger partial charge is 0.269 e. The molecule has 2 rings (SSSR count). The van der Waals surface area contributed by atoms with Crippen LogP contribution in [0.1, 0.15) is 22.8 Å². The van der Waals surface area contributed by atoms with Gasteiger partial charge in [0, 0.05) is 18.7 Å². The summed E-state index contributed by atoms with van der Waals surface area (Å²) in [4.78, 5) is 22.0. The van der Waals surface area contributed by atoms with E-state index in [9.17, 15) is 20.0 Å². The van der Waals surface area contributed by atoms with Crippen molar-refractivity contribution < 1.29 is 14.8 Å². The highest BCUT2D eigenvalue weighted by atomic mass is 16.6. The second-order valence-corrected chi connectivity index (χ2v) is 5.27. The second-order valence-electron chi connectivity index (χ2n) is 5.27. The summed E-state index contributed by atoms with van der Waals surface area (Å²) in [6.45, 7) is 2.00. The maximum absolute atomic E-state index is 11.9. The molecule has 0 aliphatic heterocycles. The van der Waals surface area contributed by atoms with Crippen LogP contribution in [-0.2, 0) is 11.2 Å². The van der Waals surface area contributed by atoms with Gasteiger partial charge in [-0.3, -0.25) is 14.9 Å². The summed E-state index contributed by atoms with van der Waals surface area (Å²) in [7, 11) is 0. The fourth-order valence-corrected chi connectivity index (χ4v) is 2.19. The Morgan fingerprint density at radius 2 is 1.87 bits per heavy atom. The van der Waals surface area contributed by atoms with Crippen LogP contribution in [0, 0.1) is 17.0 Å². The monoisotopic (exact) mass is 314 g/mol. The summed E-state index contributed by atoms with van der Waals surface area (Å²) in [6.07, 6.45) is -0.656. The normalized spacial score (nSPS) is 11.7. The number of amides is 1. The number of rotatable bonds is 6. The molecule has 0 heterocycles. The number of carbonyl (C=O) groups is 1. The number of non-ortho nitro benzene ring substituents is 1. The van der Waals surface area contributed by atoms with Crippen molar-refractivity contribution in [2.24, 2.45) is 0 Å². The molecule has 2 N–H and O–H groups in total. The van der Waals surface area contributed by atoms with E-state index < -0.39 is 11.0 Å². The van der Waals surface area contributed by atoms with Crippen LogP contribution in [0.3, 0.4) is 0 Å². The fourth-order valence-electron chi connectivity index (χ4n) is 2.19. The predicted molar refractivity (Wildman–Crippen MR) is 85.9 cm³/mol. The Hall–Kier alpha value is -2.73. The van der Waals surface area contributed by atoms with Crippen molar-refractivity contribution in [1.82, 2.24) is 5.32 Å². The third kappa shape index (κ3) is 4.62. The van der Waals surface area contributed by atoms with Crippen LogP contribution in [0.15, 0.2) is 48.5 Å². The number of aryl methyl sites for hydroxylation is 1. The maximum atomic E-state index is 11.9. The third-order valence-electron chi connectivity index (χ3n) is 3.59. The van der Waals surface area contributed by atoms with Crippen molar-refractivity contribution in [3.05, 3.63) is 75.3 Å². The average Bonchev–Trinajstić information content (AvgIpc) is 2.55. The molecule has 6 heteroatoms. The van der Waals surface area contributed by atoms with Crippen molar-refractivity contribution in [3.63, 3.8) is 0 Å². The first-order valence-electron chi connectivity index (χ1n) is 7.21. The van der Waals surface area contributed by atoms with Crippen LogP contribution in [0.5, 0.6) is 0 Å². The van der Waals surface area contributed by atoms with Gasteiger partial charge in [-0.25, -0.2) is 0 Å². The molecule has 23 heavy (non-hydrogen) atoms. The van der Waals surface area contributed by atoms with E-state index in [4.69, 9.17) is 0 Å². The number of hydrogen-bond acceptors (Lipinski definition) is 4.